The van der Waals surface area contributed by atoms with E-state index >= 15 is 0 Å². The summed E-state index contributed by atoms with van der Waals surface area (Å²) >= 11 is 0. The van der Waals surface area contributed by atoms with E-state index in [9.17, 15) is 10.1 Å². The van der Waals surface area contributed by atoms with Gasteiger partial charge in [-0.15, -0.1) is 0 Å². The van der Waals surface area contributed by atoms with Crippen LogP contribution in [0.1, 0.15) is 49.3 Å². The van der Waals surface area contributed by atoms with Gasteiger partial charge in [-0.1, -0.05) is 30.9 Å². The number of likely N-dealkylation sites (tertiary alicyclic amines) is 1. The van der Waals surface area contributed by atoms with E-state index in [1.54, 1.807) is 0 Å². The lowest BCUT2D eigenvalue weighted by molar-refractivity contribution is -0.128. The van der Waals surface area contributed by atoms with Crippen LogP contribution in [0.4, 0.5) is 0 Å². The number of aryl methyl sites for hydroxylation is 1. The Morgan fingerprint density at radius 3 is 2.80 bits per heavy atom. The van der Waals surface area contributed by atoms with Crippen molar-refractivity contribution in [3.63, 3.8) is 0 Å². The minimum Gasteiger partial charge on any atom is -0.475 e. The van der Waals surface area contributed by atoms with Gasteiger partial charge in [0, 0.05) is 43.0 Å². The summed E-state index contributed by atoms with van der Waals surface area (Å²) in [6.45, 7) is 9.09. The van der Waals surface area contributed by atoms with Gasteiger partial charge in [0.05, 0.1) is 11.6 Å². The van der Waals surface area contributed by atoms with Gasteiger partial charge in [0.15, 0.2) is 6.17 Å². The number of likely N-dealkylation sites (N-methyl/N-ethyl adjacent to an activating group) is 1. The van der Waals surface area contributed by atoms with Crippen molar-refractivity contribution in [1.82, 2.24) is 14.7 Å². The van der Waals surface area contributed by atoms with E-state index in [-0.39, 0.29) is 17.9 Å². The number of piperazine rings is 1. The Kier molecular flexibility index (Phi) is 7.81. The smallest absolute Gasteiger partial charge is 0.246 e. The maximum absolute atomic E-state index is 12.4. The van der Waals surface area contributed by atoms with Crippen molar-refractivity contribution in [2.75, 3.05) is 39.8 Å². The number of fused-ring (bicyclic) bond motifs is 2. The van der Waals surface area contributed by atoms with Gasteiger partial charge in [-0.3, -0.25) is 9.79 Å². The number of aliphatic imine (C=N–C) groups is 2. The lowest BCUT2D eigenvalue weighted by Gasteiger charge is -2.45. The van der Waals surface area contributed by atoms with E-state index in [0.717, 1.165) is 43.6 Å². The zero-order valence-electron chi connectivity index (χ0n) is 24.3. The fraction of sp³-hybridized carbons (Fsp3) is 0.515. The second-order valence-electron chi connectivity index (χ2n) is 11.9. The number of hydrogen-bond acceptors (Lipinski definition) is 7. The lowest BCUT2D eigenvalue weighted by Crippen LogP contribution is -2.55. The third-order valence-corrected chi connectivity index (χ3v) is 9.38. The molecule has 5 aliphatic rings. The van der Waals surface area contributed by atoms with Crippen molar-refractivity contribution in [3.05, 3.63) is 71.0 Å². The van der Waals surface area contributed by atoms with Crippen molar-refractivity contribution < 1.29 is 9.53 Å². The number of hydrogen-bond donors (Lipinski definition) is 0. The van der Waals surface area contributed by atoms with Crippen LogP contribution in [0.25, 0.3) is 0 Å². The zero-order valence-corrected chi connectivity index (χ0v) is 24.3. The minimum atomic E-state index is -0.405. The number of carbonyl (C=O) groups is 1. The number of carbonyl (C=O) groups excluding carboxylic acids is 1. The molecule has 0 saturated carbocycles. The zero-order chi connectivity index (χ0) is 28.5. The first-order valence-corrected chi connectivity index (χ1v) is 15.1. The number of rotatable bonds is 5. The molecule has 1 amide bonds. The molecule has 4 atom stereocenters. The molecule has 6 rings (SSSR count). The minimum absolute atomic E-state index is 0.0203. The molecular weight excluding hydrogens is 512 g/mol. The van der Waals surface area contributed by atoms with Crippen molar-refractivity contribution >= 4 is 17.5 Å². The average molecular weight is 553 g/mol. The highest BCUT2D eigenvalue weighted by Crippen LogP contribution is 2.37. The summed E-state index contributed by atoms with van der Waals surface area (Å²) in [6.07, 6.45) is 12.1. The molecule has 8 nitrogen and oxygen atoms in total. The van der Waals surface area contributed by atoms with Gasteiger partial charge in [-0.05, 0) is 82.3 Å². The van der Waals surface area contributed by atoms with Crippen LogP contribution >= 0.6 is 0 Å². The highest BCUT2D eigenvalue weighted by Gasteiger charge is 2.41. The van der Waals surface area contributed by atoms with Gasteiger partial charge in [0.25, 0.3) is 0 Å². The van der Waals surface area contributed by atoms with Crippen LogP contribution in [0.2, 0.25) is 0 Å². The Balaban J connectivity index is 1.36. The van der Waals surface area contributed by atoms with Gasteiger partial charge in [-0.2, -0.15) is 5.26 Å². The average Bonchev–Trinajstić information content (AvgIpc) is 3.42. The Morgan fingerprint density at radius 2 is 2.05 bits per heavy atom. The van der Waals surface area contributed by atoms with Crippen molar-refractivity contribution in [1.29, 1.82) is 5.26 Å². The first-order chi connectivity index (χ1) is 20.0. The quantitative estimate of drug-likeness (QED) is 0.518. The Labute approximate surface area is 243 Å². The van der Waals surface area contributed by atoms with Crippen LogP contribution in [-0.4, -0.2) is 90.3 Å². The first kappa shape index (κ1) is 27.5. The molecule has 0 radical (unpaired) electrons. The van der Waals surface area contributed by atoms with Crippen LogP contribution < -0.4 is 0 Å². The maximum Gasteiger partial charge on any atom is 0.246 e. The second kappa shape index (κ2) is 11.7. The van der Waals surface area contributed by atoms with E-state index in [2.05, 4.69) is 66.8 Å². The standard InChI is InChI=1S/C33H40N6O2/c1-4-30(40)38-17-18-39(22(2)20-38)31-27-14-15-29(26-13-7-10-23-9-5-6-12-25(23)26)35-32(27)36-33(28(31)19-34)41-21-24-11-8-16-37(24)3/h4,7,10,13-15,22,24,27,32H,1,5-6,8-9,11-12,16-18,20-21H2,2-3H3/t22-,24-,27?,32?/m0/s1. The third-order valence-electron chi connectivity index (χ3n) is 9.38. The highest BCUT2D eigenvalue weighted by molar-refractivity contribution is 6.11. The van der Waals surface area contributed by atoms with Gasteiger partial charge >= 0.3 is 0 Å². The molecule has 0 aromatic heterocycles. The van der Waals surface area contributed by atoms with Gasteiger partial charge in [0.2, 0.25) is 11.8 Å². The molecule has 0 bridgehead atoms. The predicted molar refractivity (Wildman–Crippen MR) is 161 cm³/mol. The van der Waals surface area contributed by atoms with Crippen LogP contribution in [0.5, 0.6) is 0 Å². The molecule has 41 heavy (non-hydrogen) atoms. The summed E-state index contributed by atoms with van der Waals surface area (Å²) in [5.41, 5.74) is 6.39. The van der Waals surface area contributed by atoms with Crippen LogP contribution in [0.15, 0.2) is 64.3 Å². The van der Waals surface area contributed by atoms with E-state index in [1.807, 2.05) is 4.90 Å². The molecule has 4 heterocycles. The molecule has 1 aliphatic carbocycles. The molecule has 0 spiro atoms. The number of allylic oxidation sites excluding steroid dienone is 1. The molecule has 2 unspecified atom stereocenters. The van der Waals surface area contributed by atoms with Crippen LogP contribution in [0, 0.1) is 17.2 Å². The largest absolute Gasteiger partial charge is 0.475 e. The van der Waals surface area contributed by atoms with Gasteiger partial charge in [0.1, 0.15) is 18.2 Å². The van der Waals surface area contributed by atoms with Crippen LogP contribution in [0.3, 0.4) is 0 Å². The van der Waals surface area contributed by atoms with E-state index in [4.69, 9.17) is 14.7 Å². The highest BCUT2D eigenvalue weighted by atomic mass is 16.5. The number of nitriles is 1. The second-order valence-corrected chi connectivity index (χ2v) is 11.9. The summed E-state index contributed by atoms with van der Waals surface area (Å²) in [6, 6.07) is 9.37. The van der Waals surface area contributed by atoms with Crippen molar-refractivity contribution in [2.45, 2.75) is 63.7 Å². The number of nitrogens with zero attached hydrogens (tertiary/aromatic N) is 6. The molecule has 1 aromatic carbocycles. The monoisotopic (exact) mass is 552 g/mol. The summed E-state index contributed by atoms with van der Waals surface area (Å²) in [5.74, 6) is 0.171. The SMILES string of the molecule is C=CC(=O)N1CCN(C2=C(C#N)C(OC[C@@H]3CCCN3C)=NC3N=C(c4cccc5c4CCCC5)C=CC23)[C@@H](C)C1. The topological polar surface area (TPSA) is 84.5 Å². The number of amides is 1. The lowest BCUT2D eigenvalue weighted by atomic mass is 9.84. The summed E-state index contributed by atoms with van der Waals surface area (Å²) in [5, 5.41) is 10.5. The molecule has 0 N–H and O–H groups in total. The Bertz CT molecular complexity index is 1380. The predicted octanol–water partition coefficient (Wildman–Crippen LogP) is 3.89. The molecule has 214 valence electrons. The first-order valence-electron chi connectivity index (χ1n) is 15.1. The molecular formula is C33H40N6O2. The molecule has 2 saturated heterocycles. The summed E-state index contributed by atoms with van der Waals surface area (Å²) in [7, 11) is 2.13. The number of dihydropyridines is 2. The molecule has 2 fully saturated rings. The van der Waals surface area contributed by atoms with E-state index in [1.165, 1.54) is 35.6 Å². The van der Waals surface area contributed by atoms with Crippen LogP contribution in [-0.2, 0) is 22.4 Å². The Hall–Kier alpha value is -3.70. The molecule has 8 heteroatoms. The maximum atomic E-state index is 12.4. The number of ether oxygens (including phenoxy) is 1. The fourth-order valence-electron chi connectivity index (χ4n) is 7.10. The third kappa shape index (κ3) is 5.24. The summed E-state index contributed by atoms with van der Waals surface area (Å²) < 4.78 is 6.38. The molecule has 4 aliphatic heterocycles. The number of benzene rings is 1. The summed E-state index contributed by atoms with van der Waals surface area (Å²) in [4.78, 5) is 29.0. The van der Waals surface area contributed by atoms with E-state index in [0.29, 0.717) is 43.8 Å². The fourth-order valence-corrected chi connectivity index (χ4v) is 7.10. The van der Waals surface area contributed by atoms with Crippen molar-refractivity contribution in [3.8, 4) is 6.07 Å². The van der Waals surface area contributed by atoms with Gasteiger partial charge < -0.3 is 19.4 Å². The van der Waals surface area contributed by atoms with Crippen molar-refractivity contribution in [2.24, 2.45) is 15.9 Å². The van der Waals surface area contributed by atoms with E-state index < -0.39 is 6.17 Å². The van der Waals surface area contributed by atoms with Gasteiger partial charge in [-0.25, -0.2) is 4.99 Å². The normalized spacial score (nSPS) is 27.9. The molecule has 1 aromatic rings. The Morgan fingerprint density at radius 1 is 1.20 bits per heavy atom.